The highest BCUT2D eigenvalue weighted by Crippen LogP contribution is 2.13. The van der Waals surface area contributed by atoms with Crippen molar-refractivity contribution < 1.29 is 28.5 Å². The van der Waals surface area contributed by atoms with E-state index < -0.39 is 0 Å². The van der Waals surface area contributed by atoms with E-state index in [-0.39, 0.29) is 12.6 Å². The molecule has 0 atom stereocenters. The fourth-order valence-corrected chi connectivity index (χ4v) is 2.32. The van der Waals surface area contributed by atoms with Crippen LogP contribution in [0.2, 0.25) is 0 Å². The van der Waals surface area contributed by atoms with Crippen LogP contribution >= 0.6 is 0 Å². The molecule has 29 heavy (non-hydrogen) atoms. The molecule has 0 aliphatic heterocycles. The number of hydrogen-bond donors (Lipinski definition) is 1. The Labute approximate surface area is 174 Å². The van der Waals surface area contributed by atoms with Gasteiger partial charge in [-0.05, 0) is 49.9 Å². The average molecular weight is 412 g/mol. The number of ether oxygens (including phenoxy) is 5. The standard InChI is InChI=1S/C22H37NO6/c1-2-3-17-29-22(24)19-27-16-6-14-25-12-4-5-13-26-15-7-18-28-21-10-8-20(23)9-11-21/h8-11H,2-7,12-19,23H2,1H3. The summed E-state index contributed by atoms with van der Waals surface area (Å²) in [7, 11) is 0. The Balaban J connectivity index is 1.74. The Bertz CT molecular complexity index is 509. The van der Waals surface area contributed by atoms with E-state index in [2.05, 4.69) is 6.92 Å². The van der Waals surface area contributed by atoms with Gasteiger partial charge in [0.25, 0.3) is 0 Å². The number of nitrogens with two attached hydrogens (primary N) is 1. The van der Waals surface area contributed by atoms with Crippen molar-refractivity contribution in [2.45, 2.75) is 45.4 Å². The molecule has 0 amide bonds. The van der Waals surface area contributed by atoms with Crippen molar-refractivity contribution in [3.63, 3.8) is 0 Å². The lowest BCUT2D eigenvalue weighted by atomic mass is 10.3. The minimum Gasteiger partial charge on any atom is -0.494 e. The van der Waals surface area contributed by atoms with Crippen molar-refractivity contribution >= 4 is 11.7 Å². The molecule has 0 spiro atoms. The maximum absolute atomic E-state index is 11.3. The molecule has 0 bridgehead atoms. The third kappa shape index (κ3) is 15.7. The van der Waals surface area contributed by atoms with Crippen LogP contribution < -0.4 is 10.5 Å². The Morgan fingerprint density at radius 2 is 1.34 bits per heavy atom. The molecule has 0 fully saturated rings. The van der Waals surface area contributed by atoms with Gasteiger partial charge in [0.2, 0.25) is 0 Å². The number of carbonyl (C=O) groups is 1. The zero-order valence-corrected chi connectivity index (χ0v) is 17.7. The molecule has 7 heteroatoms. The summed E-state index contributed by atoms with van der Waals surface area (Å²) in [6.07, 6.45) is 5.46. The highest BCUT2D eigenvalue weighted by atomic mass is 16.6. The highest BCUT2D eigenvalue weighted by molar-refractivity contribution is 5.70. The van der Waals surface area contributed by atoms with Gasteiger partial charge in [0.1, 0.15) is 12.4 Å². The molecule has 0 aliphatic rings. The molecule has 1 aromatic carbocycles. The number of anilines is 1. The van der Waals surface area contributed by atoms with E-state index in [0.29, 0.717) is 39.6 Å². The first-order valence-electron chi connectivity index (χ1n) is 10.6. The lowest BCUT2D eigenvalue weighted by Gasteiger charge is -2.08. The zero-order valence-electron chi connectivity index (χ0n) is 17.7. The van der Waals surface area contributed by atoms with E-state index in [0.717, 1.165) is 56.6 Å². The van der Waals surface area contributed by atoms with Gasteiger partial charge in [-0.15, -0.1) is 0 Å². The Hall–Kier alpha value is -1.83. The number of esters is 1. The maximum atomic E-state index is 11.3. The molecular formula is C22H37NO6. The van der Waals surface area contributed by atoms with Crippen molar-refractivity contribution in [1.82, 2.24) is 0 Å². The predicted molar refractivity (Wildman–Crippen MR) is 113 cm³/mol. The van der Waals surface area contributed by atoms with Crippen LogP contribution in [0.1, 0.15) is 45.4 Å². The highest BCUT2D eigenvalue weighted by Gasteiger charge is 2.02. The largest absolute Gasteiger partial charge is 0.494 e. The normalized spacial score (nSPS) is 10.8. The molecule has 0 radical (unpaired) electrons. The van der Waals surface area contributed by atoms with Crippen LogP contribution in [0.3, 0.4) is 0 Å². The third-order valence-corrected chi connectivity index (χ3v) is 3.97. The van der Waals surface area contributed by atoms with E-state index in [1.165, 1.54) is 0 Å². The van der Waals surface area contributed by atoms with Crippen molar-refractivity contribution in [3.05, 3.63) is 24.3 Å². The molecular weight excluding hydrogens is 374 g/mol. The number of benzene rings is 1. The number of rotatable bonds is 19. The second kappa shape index (κ2) is 18.2. The summed E-state index contributed by atoms with van der Waals surface area (Å²) < 4.78 is 27.0. The summed E-state index contributed by atoms with van der Waals surface area (Å²) in [5.41, 5.74) is 6.36. The number of hydrogen-bond acceptors (Lipinski definition) is 7. The van der Waals surface area contributed by atoms with Crippen LogP contribution in [0, 0.1) is 0 Å². The number of carbonyl (C=O) groups excluding carboxylic acids is 1. The lowest BCUT2D eigenvalue weighted by Crippen LogP contribution is -2.14. The smallest absolute Gasteiger partial charge is 0.332 e. The van der Waals surface area contributed by atoms with Gasteiger partial charge >= 0.3 is 5.97 Å². The van der Waals surface area contributed by atoms with Crippen molar-refractivity contribution in [3.8, 4) is 5.75 Å². The van der Waals surface area contributed by atoms with Crippen molar-refractivity contribution in [2.24, 2.45) is 0 Å². The summed E-state index contributed by atoms with van der Waals surface area (Å²) in [5, 5.41) is 0. The van der Waals surface area contributed by atoms with Crippen LogP contribution in [-0.2, 0) is 23.7 Å². The van der Waals surface area contributed by atoms with Crippen molar-refractivity contribution in [2.75, 3.05) is 58.6 Å². The molecule has 1 aromatic rings. The summed E-state index contributed by atoms with van der Waals surface area (Å²) in [6.45, 7) is 6.45. The summed E-state index contributed by atoms with van der Waals surface area (Å²) in [4.78, 5) is 11.3. The first-order chi connectivity index (χ1) is 14.2. The second-order valence-electron chi connectivity index (χ2n) is 6.68. The lowest BCUT2D eigenvalue weighted by molar-refractivity contribution is -0.149. The molecule has 0 saturated carbocycles. The molecule has 1 rings (SSSR count). The van der Waals surface area contributed by atoms with Crippen LogP contribution in [-0.4, -0.2) is 58.8 Å². The van der Waals surface area contributed by atoms with Gasteiger partial charge in [-0.25, -0.2) is 4.79 Å². The van der Waals surface area contributed by atoms with Gasteiger partial charge in [-0.1, -0.05) is 13.3 Å². The second-order valence-corrected chi connectivity index (χ2v) is 6.68. The SMILES string of the molecule is CCCCOC(=O)COCCCOCCCCOCCCOc1ccc(N)cc1. The van der Waals surface area contributed by atoms with Gasteiger partial charge in [-0.3, -0.25) is 0 Å². The first-order valence-corrected chi connectivity index (χ1v) is 10.6. The van der Waals surface area contributed by atoms with Crippen LogP contribution in [0.4, 0.5) is 5.69 Å². The maximum Gasteiger partial charge on any atom is 0.332 e. The number of unbranched alkanes of at least 4 members (excludes halogenated alkanes) is 2. The summed E-state index contributed by atoms with van der Waals surface area (Å²) >= 11 is 0. The summed E-state index contributed by atoms with van der Waals surface area (Å²) in [5.74, 6) is 0.532. The van der Waals surface area contributed by atoms with E-state index >= 15 is 0 Å². The zero-order chi connectivity index (χ0) is 21.0. The first kappa shape index (κ1) is 25.2. The van der Waals surface area contributed by atoms with E-state index in [9.17, 15) is 4.79 Å². The molecule has 0 unspecified atom stereocenters. The minimum absolute atomic E-state index is 0.0199. The monoisotopic (exact) mass is 411 g/mol. The van der Waals surface area contributed by atoms with Gasteiger partial charge < -0.3 is 29.4 Å². The molecule has 7 nitrogen and oxygen atoms in total. The van der Waals surface area contributed by atoms with E-state index in [4.69, 9.17) is 29.4 Å². The Morgan fingerprint density at radius 3 is 2.00 bits per heavy atom. The van der Waals surface area contributed by atoms with Crippen LogP contribution in [0.25, 0.3) is 0 Å². The van der Waals surface area contributed by atoms with Crippen LogP contribution in [0.15, 0.2) is 24.3 Å². The van der Waals surface area contributed by atoms with Gasteiger partial charge in [0.05, 0.1) is 13.2 Å². The van der Waals surface area contributed by atoms with Crippen molar-refractivity contribution in [1.29, 1.82) is 0 Å². The Kier molecular flexibility index (Phi) is 15.8. The van der Waals surface area contributed by atoms with Gasteiger partial charge in [-0.2, -0.15) is 0 Å². The fraction of sp³-hybridized carbons (Fsp3) is 0.682. The average Bonchev–Trinajstić information content (AvgIpc) is 2.72. The molecule has 0 aliphatic carbocycles. The fourth-order valence-electron chi connectivity index (χ4n) is 2.32. The van der Waals surface area contributed by atoms with E-state index in [1.54, 1.807) is 0 Å². The van der Waals surface area contributed by atoms with Gasteiger partial charge in [0, 0.05) is 45.1 Å². The minimum atomic E-state index is -0.295. The topological polar surface area (TPSA) is 89.2 Å². The van der Waals surface area contributed by atoms with Crippen LogP contribution in [0.5, 0.6) is 5.75 Å². The third-order valence-electron chi connectivity index (χ3n) is 3.97. The Morgan fingerprint density at radius 1 is 0.759 bits per heavy atom. The van der Waals surface area contributed by atoms with Gasteiger partial charge in [0.15, 0.2) is 0 Å². The quantitative estimate of drug-likeness (QED) is 0.211. The molecule has 2 N–H and O–H groups in total. The molecule has 0 aromatic heterocycles. The molecule has 0 saturated heterocycles. The molecule has 0 heterocycles. The predicted octanol–water partition coefficient (Wildman–Crippen LogP) is 3.60. The van der Waals surface area contributed by atoms with E-state index in [1.807, 2.05) is 24.3 Å². The summed E-state index contributed by atoms with van der Waals surface area (Å²) in [6, 6.07) is 7.38. The molecule has 166 valence electrons. The number of nitrogen functional groups attached to an aromatic ring is 1.